The van der Waals surface area contributed by atoms with E-state index in [1.54, 1.807) is 31.3 Å². The van der Waals surface area contributed by atoms with E-state index in [4.69, 9.17) is 26.2 Å². The molecule has 0 aliphatic rings. The minimum atomic E-state index is -1.04. The van der Waals surface area contributed by atoms with E-state index in [0.29, 0.717) is 23.6 Å². The molecule has 20 heavy (non-hydrogen) atoms. The molecule has 0 atom stereocenters. The normalized spacial score (nSPS) is 12.5. The van der Waals surface area contributed by atoms with Crippen LogP contribution in [0.4, 0.5) is 0 Å². The monoisotopic (exact) mass is 299 g/mol. The van der Waals surface area contributed by atoms with Crippen LogP contribution < -0.4 is 0 Å². The van der Waals surface area contributed by atoms with Crippen molar-refractivity contribution in [2.24, 2.45) is 0 Å². The Hall–Kier alpha value is -1.43. The van der Waals surface area contributed by atoms with Crippen molar-refractivity contribution in [2.75, 3.05) is 14.2 Å². The molecule has 0 fully saturated rings. The first-order valence-corrected chi connectivity index (χ1v) is 6.45. The molecule has 0 bridgehead atoms. The highest BCUT2D eigenvalue weighted by atomic mass is 35.5. The fourth-order valence-electron chi connectivity index (χ4n) is 1.80. The molecule has 1 heterocycles. The maximum absolute atomic E-state index is 10.7. The molecule has 0 aliphatic heterocycles. The number of halogens is 1. The van der Waals surface area contributed by atoms with Crippen molar-refractivity contribution in [3.63, 3.8) is 0 Å². The van der Waals surface area contributed by atoms with Crippen molar-refractivity contribution in [3.8, 4) is 0 Å². The predicted molar refractivity (Wildman–Crippen MR) is 75.6 cm³/mol. The smallest absolute Gasteiger partial charge is 0.330 e. The lowest BCUT2D eigenvalue weighted by molar-refractivity contribution is -0.222. The number of methoxy groups -OCH3 is 2. The van der Waals surface area contributed by atoms with E-state index in [-0.39, 0.29) is 5.57 Å². The number of hydrogen-bond acceptors (Lipinski definition) is 4. The Balaban J connectivity index is 2.93. The fourth-order valence-corrected chi connectivity index (χ4v) is 1.96. The Kier molecular flexibility index (Phi) is 6.13. The van der Waals surface area contributed by atoms with Crippen LogP contribution >= 0.6 is 11.6 Å². The highest BCUT2D eigenvalue weighted by molar-refractivity contribution is 6.30. The van der Waals surface area contributed by atoms with Gasteiger partial charge in [-0.1, -0.05) is 17.7 Å². The summed E-state index contributed by atoms with van der Waals surface area (Å²) in [5, 5.41) is 9.35. The average Bonchev–Trinajstić information content (AvgIpc) is 2.43. The Labute approximate surface area is 123 Å². The molecule has 5 nitrogen and oxygen atoms in total. The second-order valence-corrected chi connectivity index (χ2v) is 4.69. The molecule has 1 aromatic rings. The number of rotatable bonds is 7. The molecule has 1 aromatic heterocycles. The summed E-state index contributed by atoms with van der Waals surface area (Å²) in [7, 11) is 3.03. The Morgan fingerprint density at radius 2 is 2.15 bits per heavy atom. The van der Waals surface area contributed by atoms with Crippen molar-refractivity contribution in [1.29, 1.82) is 0 Å². The lowest BCUT2D eigenvalue weighted by atomic mass is 10.0. The molecule has 1 rings (SSSR count). The average molecular weight is 300 g/mol. The first-order chi connectivity index (χ1) is 9.45. The number of carbonyl (C=O) groups is 1. The van der Waals surface area contributed by atoms with Gasteiger partial charge in [0, 0.05) is 37.4 Å². The first kappa shape index (κ1) is 16.6. The number of carboxylic acids is 1. The van der Waals surface area contributed by atoms with E-state index in [9.17, 15) is 4.79 Å². The van der Waals surface area contributed by atoms with E-state index in [1.807, 2.05) is 0 Å². The van der Waals surface area contributed by atoms with Gasteiger partial charge in [0.15, 0.2) is 0 Å². The standard InChI is InChI=1S/C14H18ClNO4/c1-10(13(17)18)5-4-7-14(19-2,20-3)12-9-11(15)6-8-16-12/h5-6,8-9H,4,7H2,1-3H3,(H,17,18)/b10-5+. The molecule has 0 unspecified atom stereocenters. The van der Waals surface area contributed by atoms with Crippen LogP contribution in [0.1, 0.15) is 25.5 Å². The molecule has 0 aromatic carbocycles. The maximum Gasteiger partial charge on any atom is 0.330 e. The molecular formula is C14H18ClNO4. The van der Waals surface area contributed by atoms with Gasteiger partial charge in [0.05, 0.1) is 0 Å². The van der Waals surface area contributed by atoms with Gasteiger partial charge in [-0.2, -0.15) is 0 Å². The predicted octanol–water partition coefficient (Wildman–Crippen LogP) is 2.99. The highest BCUT2D eigenvalue weighted by Crippen LogP contribution is 2.31. The Morgan fingerprint density at radius 3 is 2.65 bits per heavy atom. The minimum Gasteiger partial charge on any atom is -0.478 e. The third-order valence-corrected chi connectivity index (χ3v) is 3.27. The topological polar surface area (TPSA) is 68.7 Å². The van der Waals surface area contributed by atoms with Crippen molar-refractivity contribution >= 4 is 17.6 Å². The van der Waals surface area contributed by atoms with E-state index in [0.717, 1.165) is 0 Å². The minimum absolute atomic E-state index is 0.283. The second kappa shape index (κ2) is 7.38. The lowest BCUT2D eigenvalue weighted by Gasteiger charge is -2.30. The summed E-state index contributed by atoms with van der Waals surface area (Å²) in [6, 6.07) is 3.33. The van der Waals surface area contributed by atoms with Gasteiger partial charge in [0.1, 0.15) is 5.69 Å². The Bertz CT molecular complexity index is 498. The summed E-state index contributed by atoms with van der Waals surface area (Å²) in [4.78, 5) is 15.0. The third kappa shape index (κ3) is 4.03. The van der Waals surface area contributed by atoms with Crippen molar-refractivity contribution in [1.82, 2.24) is 4.98 Å². The number of ether oxygens (including phenoxy) is 2. The van der Waals surface area contributed by atoms with Gasteiger partial charge < -0.3 is 14.6 Å². The van der Waals surface area contributed by atoms with Crippen LogP contribution in [0, 0.1) is 0 Å². The molecule has 110 valence electrons. The molecule has 0 spiro atoms. The Morgan fingerprint density at radius 1 is 1.50 bits per heavy atom. The van der Waals surface area contributed by atoms with E-state index in [2.05, 4.69) is 4.98 Å². The number of nitrogens with zero attached hydrogens (tertiary/aromatic N) is 1. The second-order valence-electron chi connectivity index (χ2n) is 4.25. The first-order valence-electron chi connectivity index (χ1n) is 6.07. The van der Waals surface area contributed by atoms with E-state index in [1.165, 1.54) is 14.2 Å². The van der Waals surface area contributed by atoms with Crippen molar-refractivity contribution in [3.05, 3.63) is 40.7 Å². The highest BCUT2D eigenvalue weighted by Gasteiger charge is 2.33. The van der Waals surface area contributed by atoms with Gasteiger partial charge in [0.2, 0.25) is 5.79 Å². The molecule has 6 heteroatoms. The molecule has 0 radical (unpaired) electrons. The SMILES string of the molecule is COC(CC/C=C(\C)C(=O)O)(OC)c1cc(Cl)ccn1. The van der Waals surface area contributed by atoms with Gasteiger partial charge in [-0.05, 0) is 25.5 Å². The molecule has 0 aliphatic carbocycles. The van der Waals surface area contributed by atoms with Gasteiger partial charge in [-0.3, -0.25) is 4.98 Å². The van der Waals surface area contributed by atoms with Crippen LogP contribution in [-0.4, -0.2) is 30.3 Å². The van der Waals surface area contributed by atoms with Gasteiger partial charge in [0.25, 0.3) is 0 Å². The summed E-state index contributed by atoms with van der Waals surface area (Å²) in [6.45, 7) is 1.54. The summed E-state index contributed by atoms with van der Waals surface area (Å²) < 4.78 is 10.9. The van der Waals surface area contributed by atoms with E-state index >= 15 is 0 Å². The summed E-state index contributed by atoms with van der Waals surface area (Å²) in [5.41, 5.74) is 0.835. The van der Waals surface area contributed by atoms with Crippen LogP contribution in [0.25, 0.3) is 0 Å². The van der Waals surface area contributed by atoms with Crippen molar-refractivity contribution < 1.29 is 19.4 Å². The van der Waals surface area contributed by atoms with Gasteiger partial charge in [-0.25, -0.2) is 4.79 Å². The number of pyridine rings is 1. The van der Waals surface area contributed by atoms with Crippen molar-refractivity contribution in [2.45, 2.75) is 25.6 Å². The van der Waals surface area contributed by atoms with Crippen LogP contribution in [0.2, 0.25) is 5.02 Å². The number of carboxylic acid groups (broad SMARTS) is 1. The summed E-state index contributed by atoms with van der Waals surface area (Å²) in [5.74, 6) is -1.98. The van der Waals surface area contributed by atoms with Gasteiger partial charge >= 0.3 is 5.97 Å². The zero-order chi connectivity index (χ0) is 15.2. The maximum atomic E-state index is 10.7. The van der Waals surface area contributed by atoms with E-state index < -0.39 is 11.8 Å². The number of allylic oxidation sites excluding steroid dienone is 1. The summed E-state index contributed by atoms with van der Waals surface area (Å²) in [6.07, 6.45) is 4.11. The molecule has 0 amide bonds. The largest absolute Gasteiger partial charge is 0.478 e. The molecular weight excluding hydrogens is 282 g/mol. The molecule has 0 saturated heterocycles. The third-order valence-electron chi connectivity index (χ3n) is 3.03. The van der Waals surface area contributed by atoms with Crippen LogP contribution in [0.3, 0.4) is 0 Å². The molecule has 0 saturated carbocycles. The van der Waals surface area contributed by atoms with Gasteiger partial charge in [-0.15, -0.1) is 0 Å². The number of hydrogen-bond donors (Lipinski definition) is 1. The lowest BCUT2D eigenvalue weighted by Crippen LogP contribution is -2.31. The van der Waals surface area contributed by atoms with Crippen LogP contribution in [-0.2, 0) is 20.1 Å². The van der Waals surface area contributed by atoms with Crippen LogP contribution in [0.15, 0.2) is 30.0 Å². The number of aliphatic carboxylic acids is 1. The quantitative estimate of drug-likeness (QED) is 0.619. The number of aromatic nitrogens is 1. The zero-order valence-corrected chi connectivity index (χ0v) is 12.5. The molecule has 1 N–H and O–H groups in total. The zero-order valence-electron chi connectivity index (χ0n) is 11.7. The van der Waals surface area contributed by atoms with Crippen LogP contribution in [0.5, 0.6) is 0 Å². The fraction of sp³-hybridized carbons (Fsp3) is 0.429. The summed E-state index contributed by atoms with van der Waals surface area (Å²) >= 11 is 5.95.